The van der Waals surface area contributed by atoms with Crippen LogP contribution in [0.2, 0.25) is 0 Å². The van der Waals surface area contributed by atoms with Gasteiger partial charge in [-0.05, 0) is 78.7 Å². The van der Waals surface area contributed by atoms with Crippen molar-refractivity contribution in [3.63, 3.8) is 0 Å². The molecule has 3 aliphatic rings. The van der Waals surface area contributed by atoms with Crippen LogP contribution >= 0.6 is 0 Å². The number of alkyl halides is 3. The molecule has 4 nitrogen and oxygen atoms in total. The van der Waals surface area contributed by atoms with Crippen molar-refractivity contribution in [3.8, 4) is 5.75 Å². The van der Waals surface area contributed by atoms with Crippen molar-refractivity contribution in [3.05, 3.63) is 77.5 Å². The standard InChI is InChI=1S/C27H27F3N2O2/c1-34-21-7-8-24-23(15-21)22(9-11-31-24)26(33)25-14-18-10-12-32(25)16-19(18)6-5-17-3-2-4-20(13-17)27(28,29)30/h2-9,11,13,15,18-19,25-26,33H,10,12,14,16H2,1H3/b6-5+/t18?,19?,25?,26-/m1/s1. The first-order chi connectivity index (χ1) is 16.3. The molecule has 34 heavy (non-hydrogen) atoms. The third-order valence-corrected chi connectivity index (χ3v) is 7.27. The number of methoxy groups -OCH3 is 1. The highest BCUT2D eigenvalue weighted by Crippen LogP contribution is 2.42. The van der Waals surface area contributed by atoms with Gasteiger partial charge >= 0.3 is 6.18 Å². The first-order valence-electron chi connectivity index (χ1n) is 11.5. The Hall–Kier alpha value is -2.90. The Morgan fingerprint density at radius 2 is 2.03 bits per heavy atom. The average Bonchev–Trinajstić information content (AvgIpc) is 2.86. The molecule has 6 rings (SSSR count). The minimum atomic E-state index is -4.34. The molecule has 5 atom stereocenters. The number of pyridine rings is 1. The molecule has 0 saturated carbocycles. The first-order valence-corrected chi connectivity index (χ1v) is 11.5. The Morgan fingerprint density at radius 1 is 1.18 bits per heavy atom. The third-order valence-electron chi connectivity index (χ3n) is 7.27. The normalized spacial score (nSPS) is 25.7. The summed E-state index contributed by atoms with van der Waals surface area (Å²) < 4.78 is 44.4. The molecule has 0 aliphatic carbocycles. The smallest absolute Gasteiger partial charge is 0.416 e. The maximum atomic E-state index is 13.0. The summed E-state index contributed by atoms with van der Waals surface area (Å²) in [7, 11) is 1.62. The second-order valence-electron chi connectivity index (χ2n) is 9.22. The van der Waals surface area contributed by atoms with Crippen LogP contribution in [-0.4, -0.2) is 41.2 Å². The molecule has 2 aromatic carbocycles. The number of aliphatic hydroxyl groups is 1. The number of nitrogens with zero attached hydrogens (tertiary/aromatic N) is 2. The largest absolute Gasteiger partial charge is 0.497 e. The molecule has 3 fully saturated rings. The maximum Gasteiger partial charge on any atom is 0.416 e. The number of rotatable bonds is 5. The topological polar surface area (TPSA) is 45.6 Å². The fourth-order valence-corrected chi connectivity index (χ4v) is 5.45. The van der Waals surface area contributed by atoms with Crippen LogP contribution in [0.25, 0.3) is 17.0 Å². The van der Waals surface area contributed by atoms with Gasteiger partial charge in [0, 0.05) is 24.2 Å². The van der Waals surface area contributed by atoms with Crippen molar-refractivity contribution < 1.29 is 23.0 Å². The number of hydrogen-bond acceptors (Lipinski definition) is 4. The lowest BCUT2D eigenvalue weighted by Gasteiger charge is -2.50. The minimum absolute atomic E-state index is 0.00578. The highest BCUT2D eigenvalue weighted by atomic mass is 19.4. The lowest BCUT2D eigenvalue weighted by molar-refractivity contribution is -0.137. The summed E-state index contributed by atoms with van der Waals surface area (Å²) in [4.78, 5) is 6.74. The van der Waals surface area contributed by atoms with Crippen molar-refractivity contribution in [1.82, 2.24) is 9.88 Å². The van der Waals surface area contributed by atoms with E-state index in [9.17, 15) is 18.3 Å². The van der Waals surface area contributed by atoms with E-state index in [-0.39, 0.29) is 12.0 Å². The predicted octanol–water partition coefficient (Wildman–Crippen LogP) is 5.72. The summed E-state index contributed by atoms with van der Waals surface area (Å²) in [5.74, 6) is 1.36. The van der Waals surface area contributed by atoms with E-state index in [0.29, 0.717) is 11.5 Å². The summed E-state index contributed by atoms with van der Waals surface area (Å²) in [5, 5.41) is 12.3. The number of hydrogen-bond donors (Lipinski definition) is 1. The number of halogens is 3. The fraction of sp³-hybridized carbons (Fsp3) is 0.370. The zero-order valence-electron chi connectivity index (χ0n) is 18.9. The number of benzene rings is 2. The number of fused-ring (bicyclic) bond motifs is 4. The fourth-order valence-electron chi connectivity index (χ4n) is 5.45. The summed E-state index contributed by atoms with van der Waals surface area (Å²) >= 11 is 0. The lowest BCUT2D eigenvalue weighted by Crippen LogP contribution is -2.54. The molecule has 0 spiro atoms. The summed E-state index contributed by atoms with van der Waals surface area (Å²) in [6.07, 6.45) is 2.43. The molecular weight excluding hydrogens is 441 g/mol. The van der Waals surface area contributed by atoms with Gasteiger partial charge in [0.25, 0.3) is 0 Å². The number of piperidine rings is 3. The third kappa shape index (κ3) is 4.42. The zero-order chi connectivity index (χ0) is 23.9. The second kappa shape index (κ2) is 9.04. The number of aromatic nitrogens is 1. The van der Waals surface area contributed by atoms with Gasteiger partial charge in [0.2, 0.25) is 0 Å². The van der Waals surface area contributed by atoms with Gasteiger partial charge in [-0.1, -0.05) is 24.3 Å². The van der Waals surface area contributed by atoms with E-state index >= 15 is 0 Å². The summed E-state index contributed by atoms with van der Waals surface area (Å²) in [6.45, 7) is 1.70. The van der Waals surface area contributed by atoms with E-state index < -0.39 is 17.8 Å². The van der Waals surface area contributed by atoms with Crippen molar-refractivity contribution in [2.75, 3.05) is 20.2 Å². The summed E-state index contributed by atoms with van der Waals surface area (Å²) in [5.41, 5.74) is 1.58. The molecule has 3 saturated heterocycles. The van der Waals surface area contributed by atoms with E-state index in [1.165, 1.54) is 12.1 Å². The number of aliphatic hydroxyl groups excluding tert-OH is 1. The van der Waals surface area contributed by atoms with E-state index in [1.54, 1.807) is 25.4 Å². The molecule has 7 heteroatoms. The van der Waals surface area contributed by atoms with Crippen LogP contribution in [0.1, 0.15) is 35.6 Å². The SMILES string of the molecule is COc1ccc2nccc([C@@H](O)C3CC4CCN3CC4/C=C/c3cccc(C(F)(F)F)c3)c2c1. The van der Waals surface area contributed by atoms with E-state index in [2.05, 4.69) is 9.88 Å². The molecule has 0 amide bonds. The Balaban J connectivity index is 1.33. The lowest BCUT2D eigenvalue weighted by atomic mass is 9.73. The molecular formula is C27H27F3N2O2. The highest BCUT2D eigenvalue weighted by Gasteiger charge is 2.42. The van der Waals surface area contributed by atoms with Gasteiger partial charge in [-0.15, -0.1) is 0 Å². The van der Waals surface area contributed by atoms with Gasteiger partial charge in [0.1, 0.15) is 5.75 Å². The maximum absolute atomic E-state index is 13.0. The van der Waals surface area contributed by atoms with Gasteiger partial charge in [-0.25, -0.2) is 0 Å². The van der Waals surface area contributed by atoms with Crippen LogP contribution in [0.4, 0.5) is 13.2 Å². The molecule has 1 aromatic heterocycles. The highest BCUT2D eigenvalue weighted by molar-refractivity contribution is 5.84. The molecule has 178 valence electrons. The van der Waals surface area contributed by atoms with Gasteiger partial charge in [-0.2, -0.15) is 13.2 Å². The molecule has 0 radical (unpaired) electrons. The Morgan fingerprint density at radius 3 is 2.76 bits per heavy atom. The van der Waals surface area contributed by atoms with Gasteiger partial charge in [0.15, 0.2) is 0 Å². The Bertz CT molecular complexity index is 1210. The van der Waals surface area contributed by atoms with Crippen molar-refractivity contribution in [1.29, 1.82) is 0 Å². The van der Waals surface area contributed by atoms with Crippen molar-refractivity contribution in [2.24, 2.45) is 11.8 Å². The van der Waals surface area contributed by atoms with Gasteiger partial charge < -0.3 is 9.84 Å². The average molecular weight is 469 g/mol. The van der Waals surface area contributed by atoms with Crippen LogP contribution in [-0.2, 0) is 6.18 Å². The summed E-state index contributed by atoms with van der Waals surface area (Å²) in [6, 6.07) is 13.0. The zero-order valence-corrected chi connectivity index (χ0v) is 18.9. The molecule has 4 heterocycles. The number of ether oxygens (including phenoxy) is 1. The van der Waals surface area contributed by atoms with E-state index in [0.717, 1.165) is 54.2 Å². The molecule has 3 aromatic rings. The Labute approximate surface area is 196 Å². The van der Waals surface area contributed by atoms with Gasteiger partial charge in [0.05, 0.1) is 24.3 Å². The van der Waals surface area contributed by atoms with Crippen LogP contribution in [0.15, 0.2) is 60.8 Å². The van der Waals surface area contributed by atoms with Crippen LogP contribution in [0, 0.1) is 11.8 Å². The van der Waals surface area contributed by atoms with E-state index in [4.69, 9.17) is 4.74 Å². The Kier molecular flexibility index (Phi) is 6.08. The van der Waals surface area contributed by atoms with E-state index in [1.807, 2.05) is 30.3 Å². The minimum Gasteiger partial charge on any atom is -0.497 e. The molecule has 2 bridgehead atoms. The quantitative estimate of drug-likeness (QED) is 0.520. The molecule has 1 N–H and O–H groups in total. The van der Waals surface area contributed by atoms with Crippen LogP contribution in [0.5, 0.6) is 5.75 Å². The molecule has 4 unspecified atom stereocenters. The first kappa shape index (κ1) is 22.9. The van der Waals surface area contributed by atoms with Crippen LogP contribution < -0.4 is 4.74 Å². The second-order valence-corrected chi connectivity index (χ2v) is 9.22. The van der Waals surface area contributed by atoms with Crippen LogP contribution in [0.3, 0.4) is 0 Å². The predicted molar refractivity (Wildman–Crippen MR) is 125 cm³/mol. The van der Waals surface area contributed by atoms with Crippen molar-refractivity contribution in [2.45, 2.75) is 31.2 Å². The molecule has 3 aliphatic heterocycles. The monoisotopic (exact) mass is 468 g/mol. The van der Waals surface area contributed by atoms with Crippen molar-refractivity contribution >= 4 is 17.0 Å². The van der Waals surface area contributed by atoms with Gasteiger partial charge in [-0.3, -0.25) is 9.88 Å².